The third-order valence-electron chi connectivity index (χ3n) is 5.56. The van der Waals surface area contributed by atoms with Crippen molar-refractivity contribution in [3.05, 3.63) is 69.3 Å². The number of hydrogen-bond donors (Lipinski definition) is 2. The number of benzene rings is 2. The molecule has 2 atom stereocenters. The van der Waals surface area contributed by atoms with E-state index in [0.717, 1.165) is 34.3 Å². The van der Waals surface area contributed by atoms with E-state index in [-0.39, 0.29) is 29.3 Å². The Morgan fingerprint density at radius 1 is 1.31 bits per heavy atom. The standard InChI is InChI=1S/C22H25N3O3S/c1-24(21(27)12-15-7-8-20-18(11-15)23-22(28)29-20)19(16-5-3-2-4-6-16)14-25-10-9-17(26)13-25/h2-8,11,17,19,26H,9-10,12-14H2,1H3,(H,23,28)/t17-,19+/m0/s1. The van der Waals surface area contributed by atoms with Crippen LogP contribution in [0.3, 0.4) is 0 Å². The van der Waals surface area contributed by atoms with Crippen molar-refractivity contribution in [1.29, 1.82) is 0 Å². The van der Waals surface area contributed by atoms with Gasteiger partial charge in [0, 0.05) is 26.7 Å². The average Bonchev–Trinajstić information content (AvgIpc) is 3.30. The first-order valence-corrected chi connectivity index (χ1v) is 10.6. The molecule has 0 unspecified atom stereocenters. The SMILES string of the molecule is CN(C(=O)Cc1ccc2sc(=O)[nH]c2c1)[C@H](CN1CC[C@H](O)C1)c1ccccc1. The van der Waals surface area contributed by atoms with E-state index in [1.165, 1.54) is 11.3 Å². The van der Waals surface area contributed by atoms with E-state index < -0.39 is 0 Å². The zero-order valence-electron chi connectivity index (χ0n) is 16.4. The number of fused-ring (bicyclic) bond motifs is 1. The molecule has 0 saturated carbocycles. The Morgan fingerprint density at radius 3 is 2.83 bits per heavy atom. The Bertz CT molecular complexity index is 1050. The number of thiazole rings is 1. The second-order valence-corrected chi connectivity index (χ2v) is 8.67. The second kappa shape index (κ2) is 8.49. The molecule has 4 rings (SSSR count). The average molecular weight is 412 g/mol. The Labute approximate surface area is 173 Å². The van der Waals surface area contributed by atoms with Crippen LogP contribution in [0.25, 0.3) is 10.2 Å². The van der Waals surface area contributed by atoms with Crippen molar-refractivity contribution >= 4 is 27.5 Å². The van der Waals surface area contributed by atoms with Crippen molar-refractivity contribution in [1.82, 2.24) is 14.8 Å². The molecule has 0 aliphatic carbocycles. The highest BCUT2D eigenvalue weighted by molar-refractivity contribution is 7.16. The first-order chi connectivity index (χ1) is 14.0. The van der Waals surface area contributed by atoms with E-state index in [1.54, 1.807) is 4.90 Å². The largest absolute Gasteiger partial charge is 0.392 e. The lowest BCUT2D eigenvalue weighted by Gasteiger charge is -2.32. The molecule has 6 nitrogen and oxygen atoms in total. The minimum absolute atomic E-state index is 0.0236. The number of amides is 1. The van der Waals surface area contributed by atoms with E-state index in [4.69, 9.17) is 0 Å². The highest BCUT2D eigenvalue weighted by Crippen LogP contribution is 2.24. The van der Waals surface area contributed by atoms with Gasteiger partial charge in [-0.2, -0.15) is 0 Å². The summed E-state index contributed by atoms with van der Waals surface area (Å²) < 4.78 is 0.898. The lowest BCUT2D eigenvalue weighted by Crippen LogP contribution is -2.39. The molecule has 1 saturated heterocycles. The van der Waals surface area contributed by atoms with Gasteiger partial charge in [-0.1, -0.05) is 47.7 Å². The van der Waals surface area contributed by atoms with Crippen LogP contribution in [0.4, 0.5) is 0 Å². The maximum atomic E-state index is 13.1. The fourth-order valence-corrected chi connectivity index (χ4v) is 4.65. The van der Waals surface area contributed by atoms with Gasteiger partial charge in [-0.3, -0.25) is 14.5 Å². The number of likely N-dealkylation sites (N-methyl/N-ethyl adjacent to an activating group) is 1. The van der Waals surface area contributed by atoms with E-state index in [2.05, 4.69) is 9.88 Å². The molecule has 0 spiro atoms. The van der Waals surface area contributed by atoms with Crippen molar-refractivity contribution in [2.75, 3.05) is 26.7 Å². The van der Waals surface area contributed by atoms with Crippen molar-refractivity contribution < 1.29 is 9.90 Å². The van der Waals surface area contributed by atoms with Gasteiger partial charge < -0.3 is 15.0 Å². The zero-order chi connectivity index (χ0) is 20.4. The minimum Gasteiger partial charge on any atom is -0.392 e. The van der Waals surface area contributed by atoms with E-state index in [0.29, 0.717) is 13.1 Å². The van der Waals surface area contributed by atoms with Gasteiger partial charge in [0.15, 0.2) is 0 Å². The van der Waals surface area contributed by atoms with Gasteiger partial charge in [-0.15, -0.1) is 0 Å². The fourth-order valence-electron chi connectivity index (χ4n) is 3.93. The molecular formula is C22H25N3O3S. The molecule has 7 heteroatoms. The molecule has 3 aromatic rings. The Morgan fingerprint density at radius 2 is 2.10 bits per heavy atom. The minimum atomic E-state index is -0.285. The summed E-state index contributed by atoms with van der Waals surface area (Å²) in [6, 6.07) is 15.6. The number of aromatic amines is 1. The monoisotopic (exact) mass is 411 g/mol. The topological polar surface area (TPSA) is 76.6 Å². The molecule has 1 aliphatic heterocycles. The molecule has 2 N–H and O–H groups in total. The van der Waals surface area contributed by atoms with Crippen molar-refractivity contribution in [2.45, 2.75) is 25.0 Å². The third-order valence-corrected chi connectivity index (χ3v) is 6.43. The Balaban J connectivity index is 1.52. The van der Waals surface area contributed by atoms with Gasteiger partial charge in [0.25, 0.3) is 0 Å². The van der Waals surface area contributed by atoms with E-state index in [9.17, 15) is 14.7 Å². The van der Waals surface area contributed by atoms with Gasteiger partial charge in [0.2, 0.25) is 5.91 Å². The van der Waals surface area contributed by atoms with E-state index >= 15 is 0 Å². The highest BCUT2D eigenvalue weighted by atomic mass is 32.1. The predicted molar refractivity (Wildman–Crippen MR) is 115 cm³/mol. The summed E-state index contributed by atoms with van der Waals surface area (Å²) in [4.78, 5) is 31.4. The van der Waals surface area contributed by atoms with Crippen LogP contribution in [0.5, 0.6) is 0 Å². The summed E-state index contributed by atoms with van der Waals surface area (Å²) in [5, 5.41) is 9.87. The van der Waals surface area contributed by atoms with Crippen molar-refractivity contribution in [3.63, 3.8) is 0 Å². The molecule has 2 heterocycles. The normalized spacial score (nSPS) is 18.2. The number of hydrogen-bond acceptors (Lipinski definition) is 5. The highest BCUT2D eigenvalue weighted by Gasteiger charge is 2.28. The summed E-state index contributed by atoms with van der Waals surface area (Å²) in [6.07, 6.45) is 0.765. The number of aliphatic hydroxyl groups excluding tert-OH is 1. The van der Waals surface area contributed by atoms with Crippen LogP contribution in [0, 0.1) is 0 Å². The molecule has 0 bridgehead atoms. The summed E-state index contributed by atoms with van der Waals surface area (Å²) in [7, 11) is 1.84. The molecule has 1 fully saturated rings. The Hall–Kier alpha value is -2.48. The zero-order valence-corrected chi connectivity index (χ0v) is 17.2. The maximum Gasteiger partial charge on any atom is 0.305 e. The first-order valence-electron chi connectivity index (χ1n) is 9.82. The third kappa shape index (κ3) is 4.58. The fraction of sp³-hybridized carbons (Fsp3) is 0.364. The summed E-state index contributed by atoms with van der Waals surface area (Å²) in [5.41, 5.74) is 2.74. The lowest BCUT2D eigenvalue weighted by atomic mass is 10.0. The van der Waals surface area contributed by atoms with Crippen LogP contribution >= 0.6 is 11.3 Å². The van der Waals surface area contributed by atoms with Crippen molar-refractivity contribution in [3.8, 4) is 0 Å². The quantitative estimate of drug-likeness (QED) is 0.653. The predicted octanol–water partition coefficient (Wildman–Crippen LogP) is 2.40. The van der Waals surface area contributed by atoms with Crippen LogP contribution < -0.4 is 4.87 Å². The number of aliphatic hydroxyl groups is 1. The van der Waals surface area contributed by atoms with Gasteiger partial charge in [0.1, 0.15) is 0 Å². The van der Waals surface area contributed by atoms with Crippen LogP contribution in [0.2, 0.25) is 0 Å². The lowest BCUT2D eigenvalue weighted by molar-refractivity contribution is -0.131. The number of carbonyl (C=O) groups is 1. The van der Waals surface area contributed by atoms with Crippen LogP contribution in [0.15, 0.2) is 53.3 Å². The number of nitrogens with one attached hydrogen (secondary N) is 1. The first kappa shape index (κ1) is 19.8. The second-order valence-electron chi connectivity index (χ2n) is 7.66. The number of likely N-dealkylation sites (tertiary alicyclic amines) is 1. The van der Waals surface area contributed by atoms with E-state index in [1.807, 2.05) is 55.6 Å². The summed E-state index contributed by atoms with van der Waals surface area (Å²) in [5.74, 6) is 0.0236. The summed E-state index contributed by atoms with van der Waals surface area (Å²) >= 11 is 1.17. The Kier molecular flexibility index (Phi) is 5.80. The number of carbonyl (C=O) groups excluding carboxylic acids is 1. The molecule has 0 radical (unpaired) electrons. The molecular weight excluding hydrogens is 386 g/mol. The van der Waals surface area contributed by atoms with Gasteiger partial charge in [-0.05, 0) is 29.7 Å². The van der Waals surface area contributed by atoms with Crippen LogP contribution in [0.1, 0.15) is 23.6 Å². The number of aromatic nitrogens is 1. The molecule has 29 heavy (non-hydrogen) atoms. The molecule has 1 aromatic heterocycles. The van der Waals surface area contributed by atoms with Crippen LogP contribution in [-0.2, 0) is 11.2 Å². The number of β-amino-alcohol motifs (C(OH)–C–C–N with tert-alkyl or cyclic N) is 1. The smallest absolute Gasteiger partial charge is 0.305 e. The number of H-pyrrole nitrogens is 1. The molecule has 2 aromatic carbocycles. The number of nitrogens with zero attached hydrogens (tertiary/aromatic N) is 2. The van der Waals surface area contributed by atoms with Gasteiger partial charge in [0.05, 0.1) is 28.8 Å². The molecule has 1 amide bonds. The maximum absolute atomic E-state index is 13.1. The number of rotatable bonds is 6. The van der Waals surface area contributed by atoms with Crippen LogP contribution in [-0.4, -0.2) is 58.6 Å². The van der Waals surface area contributed by atoms with Crippen molar-refractivity contribution in [2.24, 2.45) is 0 Å². The van der Waals surface area contributed by atoms with Gasteiger partial charge in [-0.25, -0.2) is 0 Å². The molecule has 152 valence electrons. The van der Waals surface area contributed by atoms with Gasteiger partial charge >= 0.3 is 4.87 Å². The summed E-state index contributed by atoms with van der Waals surface area (Å²) in [6.45, 7) is 2.18. The molecule has 1 aliphatic rings.